The third-order valence-corrected chi connectivity index (χ3v) is 3.96. The molecule has 23 heavy (non-hydrogen) atoms. The lowest BCUT2D eigenvalue weighted by molar-refractivity contribution is -0.541. The molecule has 0 saturated carbocycles. The van der Waals surface area contributed by atoms with E-state index in [2.05, 4.69) is 0 Å². The lowest BCUT2D eigenvalue weighted by Crippen LogP contribution is -2.66. The van der Waals surface area contributed by atoms with Crippen molar-refractivity contribution in [3.05, 3.63) is 0 Å². The third-order valence-electron chi connectivity index (χ3n) is 3.96. The monoisotopic (exact) mass is 341 g/mol. The first-order valence-corrected chi connectivity index (χ1v) is 7.06. The number of aliphatic hydroxyl groups is 7. The first-order chi connectivity index (χ1) is 10.8. The zero-order valence-corrected chi connectivity index (χ0v) is 12.0. The van der Waals surface area contributed by atoms with Crippen molar-refractivity contribution in [3.8, 4) is 0 Å². The highest BCUT2D eigenvalue weighted by Crippen LogP contribution is 2.27. The van der Waals surface area contributed by atoms with Crippen molar-refractivity contribution in [2.75, 3.05) is 13.2 Å². The highest BCUT2D eigenvalue weighted by Gasteiger charge is 2.48. The third kappa shape index (κ3) is 3.65. The van der Waals surface area contributed by atoms with Gasteiger partial charge in [-0.05, 0) is 0 Å². The Balaban J connectivity index is 2.08. The standard InChI is InChI=1S/C12H21O11/c13-1-3-6(16)8(18)10(11(20)21-3)23-12-9(19)7(17)5(15)4(2-14)22-12/h3-19H,1-2H2/q-1. The van der Waals surface area contributed by atoms with Crippen LogP contribution in [0.25, 0.3) is 0 Å². The van der Waals surface area contributed by atoms with Gasteiger partial charge in [-0.15, -0.1) is 0 Å². The van der Waals surface area contributed by atoms with Crippen LogP contribution in [-0.2, 0) is 14.2 Å². The van der Waals surface area contributed by atoms with E-state index in [0.717, 1.165) is 0 Å². The second-order valence-corrected chi connectivity index (χ2v) is 5.50. The number of rotatable bonds is 4. The Morgan fingerprint density at radius 1 is 0.739 bits per heavy atom. The summed E-state index contributed by atoms with van der Waals surface area (Å²) in [6.07, 6.45) is -16.3. The van der Waals surface area contributed by atoms with Crippen LogP contribution in [0.5, 0.6) is 0 Å². The van der Waals surface area contributed by atoms with Gasteiger partial charge in [0.15, 0.2) is 6.29 Å². The quantitative estimate of drug-likeness (QED) is 0.257. The minimum atomic E-state index is -2.00. The zero-order valence-electron chi connectivity index (χ0n) is 12.0. The molecule has 2 fully saturated rings. The first-order valence-electron chi connectivity index (χ1n) is 7.06. The summed E-state index contributed by atoms with van der Waals surface area (Å²) in [5.74, 6) is 0. The van der Waals surface area contributed by atoms with Crippen LogP contribution in [0.1, 0.15) is 0 Å². The molecule has 10 unspecified atom stereocenters. The van der Waals surface area contributed by atoms with Gasteiger partial charge in [0.25, 0.3) is 0 Å². The highest BCUT2D eigenvalue weighted by molar-refractivity contribution is 4.92. The number of ether oxygens (including phenoxy) is 3. The summed E-state index contributed by atoms with van der Waals surface area (Å²) >= 11 is 0. The number of aliphatic hydroxyl groups excluding tert-OH is 7. The summed E-state index contributed by atoms with van der Waals surface area (Å²) in [4.78, 5) is 0. The second-order valence-electron chi connectivity index (χ2n) is 5.50. The largest absolute Gasteiger partial charge is 0.829 e. The molecule has 0 aromatic rings. The normalized spacial score (nSPS) is 51.7. The van der Waals surface area contributed by atoms with E-state index in [0.29, 0.717) is 0 Å². The Labute approximate surface area is 130 Å². The van der Waals surface area contributed by atoms with Gasteiger partial charge in [-0.3, -0.25) is 0 Å². The molecule has 0 amide bonds. The van der Waals surface area contributed by atoms with Gasteiger partial charge in [-0.25, -0.2) is 0 Å². The van der Waals surface area contributed by atoms with Gasteiger partial charge in [-0.2, -0.15) is 0 Å². The molecule has 2 rings (SSSR count). The van der Waals surface area contributed by atoms with Crippen molar-refractivity contribution >= 4 is 0 Å². The van der Waals surface area contributed by atoms with Crippen LogP contribution in [0.3, 0.4) is 0 Å². The summed E-state index contributed by atoms with van der Waals surface area (Å²) in [6, 6.07) is 0. The Morgan fingerprint density at radius 2 is 1.26 bits per heavy atom. The summed E-state index contributed by atoms with van der Waals surface area (Å²) in [5, 5.41) is 78.6. The smallest absolute Gasteiger partial charge is 0.187 e. The minimum Gasteiger partial charge on any atom is -0.829 e. The van der Waals surface area contributed by atoms with Crippen LogP contribution >= 0.6 is 0 Å². The summed E-state index contributed by atoms with van der Waals surface area (Å²) in [5.41, 5.74) is 0. The molecule has 0 aromatic heterocycles. The SMILES string of the molecule is [O-]C1OC(CO)C(O)C(O)C1OC1OC(CO)C(O)C(O)C1O. The Hall–Kier alpha value is -0.440. The molecular weight excluding hydrogens is 320 g/mol. The van der Waals surface area contributed by atoms with E-state index in [-0.39, 0.29) is 0 Å². The lowest BCUT2D eigenvalue weighted by atomic mass is 9.97. The van der Waals surface area contributed by atoms with E-state index in [1.54, 1.807) is 0 Å². The maximum absolute atomic E-state index is 11.9. The molecule has 2 saturated heterocycles. The molecule has 2 aliphatic rings. The Bertz CT molecular complexity index is 380. The van der Waals surface area contributed by atoms with Crippen LogP contribution in [0.4, 0.5) is 0 Å². The molecule has 11 heteroatoms. The number of hydrogen-bond donors (Lipinski definition) is 7. The molecule has 136 valence electrons. The molecule has 2 aliphatic heterocycles. The second kappa shape index (κ2) is 7.63. The molecule has 0 spiro atoms. The van der Waals surface area contributed by atoms with Gasteiger partial charge in [-0.1, -0.05) is 0 Å². The predicted octanol–water partition coefficient (Wildman–Crippen LogP) is -6.03. The van der Waals surface area contributed by atoms with Gasteiger partial charge in [0.05, 0.1) is 13.2 Å². The molecule has 0 aromatic carbocycles. The first kappa shape index (κ1) is 18.9. The van der Waals surface area contributed by atoms with Crippen LogP contribution in [0.2, 0.25) is 0 Å². The van der Waals surface area contributed by atoms with Gasteiger partial charge >= 0.3 is 0 Å². The van der Waals surface area contributed by atoms with Crippen LogP contribution in [0.15, 0.2) is 0 Å². The fourth-order valence-electron chi connectivity index (χ4n) is 2.54. The highest BCUT2D eigenvalue weighted by atomic mass is 16.7. The van der Waals surface area contributed by atoms with Crippen LogP contribution in [0, 0.1) is 0 Å². The van der Waals surface area contributed by atoms with Crippen molar-refractivity contribution in [2.45, 2.75) is 61.4 Å². The van der Waals surface area contributed by atoms with E-state index < -0.39 is 74.6 Å². The molecule has 7 N–H and O–H groups in total. The zero-order chi connectivity index (χ0) is 17.3. The lowest BCUT2D eigenvalue weighted by Gasteiger charge is -2.48. The maximum atomic E-state index is 11.9. The average molecular weight is 341 g/mol. The summed E-state index contributed by atoms with van der Waals surface area (Å²) in [6.45, 7) is -1.38. The molecule has 0 radical (unpaired) electrons. The molecule has 0 bridgehead atoms. The predicted molar refractivity (Wildman–Crippen MR) is 66.4 cm³/mol. The maximum Gasteiger partial charge on any atom is 0.187 e. The summed E-state index contributed by atoms with van der Waals surface area (Å²) in [7, 11) is 0. The fraction of sp³-hybridized carbons (Fsp3) is 1.00. The molecule has 11 nitrogen and oxygen atoms in total. The van der Waals surface area contributed by atoms with E-state index in [1.807, 2.05) is 0 Å². The van der Waals surface area contributed by atoms with Crippen molar-refractivity contribution < 1.29 is 55.1 Å². The van der Waals surface area contributed by atoms with E-state index in [1.165, 1.54) is 0 Å². The van der Waals surface area contributed by atoms with Gasteiger partial charge in [0.2, 0.25) is 0 Å². The van der Waals surface area contributed by atoms with Crippen molar-refractivity contribution in [1.29, 1.82) is 0 Å². The Kier molecular flexibility index (Phi) is 6.27. The number of hydrogen-bond acceptors (Lipinski definition) is 11. The van der Waals surface area contributed by atoms with E-state index >= 15 is 0 Å². The van der Waals surface area contributed by atoms with Crippen molar-refractivity contribution in [1.82, 2.24) is 0 Å². The molecule has 0 aliphatic carbocycles. The minimum absolute atomic E-state index is 0.690. The Morgan fingerprint density at radius 3 is 1.83 bits per heavy atom. The molecular formula is C12H21O11-. The average Bonchev–Trinajstić information content (AvgIpc) is 2.54. The summed E-state index contributed by atoms with van der Waals surface area (Å²) < 4.78 is 14.9. The van der Waals surface area contributed by atoms with Crippen LogP contribution < -0.4 is 5.11 Å². The van der Waals surface area contributed by atoms with Gasteiger partial charge in [0.1, 0.15) is 48.8 Å². The fourth-order valence-corrected chi connectivity index (χ4v) is 2.54. The van der Waals surface area contributed by atoms with Crippen molar-refractivity contribution in [3.63, 3.8) is 0 Å². The van der Waals surface area contributed by atoms with E-state index in [4.69, 9.17) is 24.4 Å². The van der Waals surface area contributed by atoms with Crippen molar-refractivity contribution in [2.24, 2.45) is 0 Å². The topological polar surface area (TPSA) is 192 Å². The van der Waals surface area contributed by atoms with Gasteiger partial charge in [0, 0.05) is 6.29 Å². The van der Waals surface area contributed by atoms with Crippen LogP contribution in [-0.4, -0.2) is 110 Å². The molecule has 10 atom stereocenters. The van der Waals surface area contributed by atoms with E-state index in [9.17, 15) is 30.6 Å². The molecule has 2 heterocycles. The van der Waals surface area contributed by atoms with Gasteiger partial charge < -0.3 is 55.1 Å².